The maximum atomic E-state index is 14.0. The Kier molecular flexibility index (Phi) is 13.6. The number of rotatable bonds is 12. The number of benzene rings is 4. The fourth-order valence-electron chi connectivity index (χ4n) is 10.5. The van der Waals surface area contributed by atoms with Gasteiger partial charge < -0.3 is 39.9 Å². The van der Waals surface area contributed by atoms with Crippen molar-refractivity contribution in [3.8, 4) is 22.3 Å². The molecule has 4 aliphatic carbocycles. The summed E-state index contributed by atoms with van der Waals surface area (Å²) in [5, 5.41) is 5.58. The third-order valence-electron chi connectivity index (χ3n) is 14.9. The van der Waals surface area contributed by atoms with Crippen LogP contribution in [0.2, 0.25) is 0 Å². The second-order valence-corrected chi connectivity index (χ2v) is 19.1. The number of H-pyrrole nitrogens is 2. The lowest BCUT2D eigenvalue weighted by atomic mass is 9.87. The van der Waals surface area contributed by atoms with E-state index in [0.717, 1.165) is 109 Å². The number of aromatic amines is 2. The maximum Gasteiger partial charge on any atom is 0.407 e. The summed E-state index contributed by atoms with van der Waals surface area (Å²) in [6, 6.07) is 24.9. The van der Waals surface area contributed by atoms with Crippen LogP contribution in [0, 0.1) is 11.8 Å². The highest BCUT2D eigenvalue weighted by molar-refractivity contribution is 5.89. The number of ether oxygens (including phenoxy) is 2. The number of carbonyl (C=O) groups is 4. The summed E-state index contributed by atoms with van der Waals surface area (Å²) in [6.07, 6.45) is 7.02. The maximum absolute atomic E-state index is 14.0. The van der Waals surface area contributed by atoms with E-state index in [9.17, 15) is 19.2 Å². The van der Waals surface area contributed by atoms with E-state index in [1.807, 2.05) is 37.5 Å². The van der Waals surface area contributed by atoms with Crippen LogP contribution in [0.5, 0.6) is 0 Å². The van der Waals surface area contributed by atoms with E-state index >= 15 is 0 Å². The number of aromatic nitrogens is 4. The number of alkyl carbamates (subject to hydrolysis) is 2. The molecule has 4 N–H and O–H groups in total. The van der Waals surface area contributed by atoms with E-state index in [1.54, 1.807) is 0 Å². The van der Waals surface area contributed by atoms with E-state index in [4.69, 9.17) is 19.4 Å². The van der Waals surface area contributed by atoms with Crippen LogP contribution in [0.3, 0.4) is 0 Å². The van der Waals surface area contributed by atoms with Crippen LogP contribution in [0.4, 0.5) is 9.59 Å². The molecular formula is C54H64N8O6. The summed E-state index contributed by atoms with van der Waals surface area (Å²) < 4.78 is 9.73. The minimum absolute atomic E-state index is 0.0576. The summed E-state index contributed by atoms with van der Waals surface area (Å²) in [4.78, 5) is 73.4. The van der Waals surface area contributed by atoms with E-state index in [1.165, 1.54) is 47.6 Å². The molecular weight excluding hydrogens is 857 g/mol. The average molecular weight is 921 g/mol. The monoisotopic (exact) mass is 920 g/mol. The Morgan fingerprint density at radius 2 is 1.04 bits per heavy atom. The molecule has 4 aromatic carbocycles. The number of likely N-dealkylation sites (tertiary alicyclic amines) is 2. The smallest absolute Gasteiger partial charge is 0.407 e. The Morgan fingerprint density at radius 1 is 0.618 bits per heavy atom. The van der Waals surface area contributed by atoms with Crippen LogP contribution in [-0.4, -0.2) is 93.1 Å². The first kappa shape index (κ1) is 46.4. The van der Waals surface area contributed by atoms with Crippen LogP contribution >= 0.6 is 0 Å². The van der Waals surface area contributed by atoms with Crippen LogP contribution in [0.25, 0.3) is 44.3 Å². The number of aryl methyl sites for hydroxylation is 4. The van der Waals surface area contributed by atoms with Crippen LogP contribution in [0.1, 0.15) is 112 Å². The normalized spacial score (nSPS) is 18.8. The van der Waals surface area contributed by atoms with Gasteiger partial charge in [0.05, 0.1) is 48.4 Å². The number of imidazole rings is 2. The number of amides is 4. The zero-order chi connectivity index (χ0) is 47.6. The highest BCUT2D eigenvalue weighted by Gasteiger charge is 2.40. The molecule has 14 nitrogen and oxygen atoms in total. The molecule has 4 amide bonds. The van der Waals surface area contributed by atoms with Gasteiger partial charge in [0, 0.05) is 13.1 Å². The Labute approximate surface area is 398 Å². The van der Waals surface area contributed by atoms with E-state index < -0.39 is 24.3 Å². The van der Waals surface area contributed by atoms with E-state index in [-0.39, 0.29) is 35.7 Å². The molecule has 2 aromatic heterocycles. The minimum atomic E-state index is -0.678. The van der Waals surface area contributed by atoms with Gasteiger partial charge in [-0.25, -0.2) is 19.6 Å². The fraction of sp³-hybridized carbons (Fsp3) is 0.444. The Balaban J connectivity index is 0.939. The molecule has 0 radical (unpaired) electrons. The Hall–Kier alpha value is -6.70. The zero-order valence-electron chi connectivity index (χ0n) is 40.1. The first-order chi connectivity index (χ1) is 33.0. The van der Waals surface area contributed by atoms with E-state index in [2.05, 4.69) is 93.4 Å². The molecule has 68 heavy (non-hydrogen) atoms. The molecule has 6 unspecified atom stereocenters. The number of hydrogen-bond acceptors (Lipinski definition) is 8. The van der Waals surface area contributed by atoms with Crippen molar-refractivity contribution in [2.75, 3.05) is 27.3 Å². The van der Waals surface area contributed by atoms with Gasteiger partial charge in [0.2, 0.25) is 11.8 Å². The number of nitrogens with one attached hydrogen (secondary N) is 4. The molecule has 0 spiro atoms. The lowest BCUT2D eigenvalue weighted by molar-refractivity contribution is -0.136. The highest BCUT2D eigenvalue weighted by Crippen LogP contribution is 2.38. The Bertz CT molecular complexity index is 2660. The van der Waals surface area contributed by atoms with Crippen LogP contribution in [-0.2, 0) is 44.7 Å². The van der Waals surface area contributed by atoms with E-state index in [0.29, 0.717) is 13.1 Å². The number of hydrogen-bond donors (Lipinski definition) is 4. The lowest BCUT2D eigenvalue weighted by Crippen LogP contribution is -2.51. The number of methoxy groups -OCH3 is 2. The molecule has 2 saturated heterocycles. The van der Waals surface area contributed by atoms with Crippen molar-refractivity contribution in [1.82, 2.24) is 40.4 Å². The van der Waals surface area contributed by atoms with Crippen molar-refractivity contribution in [1.29, 1.82) is 0 Å². The third-order valence-corrected chi connectivity index (χ3v) is 14.9. The topological polar surface area (TPSA) is 175 Å². The molecule has 4 bridgehead atoms. The van der Waals surface area contributed by atoms with Gasteiger partial charge in [-0.15, -0.1) is 0 Å². The molecule has 356 valence electrons. The second-order valence-electron chi connectivity index (χ2n) is 19.1. The highest BCUT2D eigenvalue weighted by atomic mass is 16.5. The molecule has 6 aliphatic rings. The lowest BCUT2D eigenvalue weighted by Gasteiger charge is -2.30. The van der Waals surface area contributed by atoms with Crippen LogP contribution < -0.4 is 10.6 Å². The SMILES string of the molecule is CCC(C)C(NC(=O)OC)C(=O)N1CCCC1c1nc2ccc(-c3cc4ccc3CCc3ccc(c(-c5ccc6nc(C7CCCN7C(=O)C(NC(=O)OC)C(C)CC)[nH]c6c5)c3)CC4)cc2[nH]1. The first-order valence-electron chi connectivity index (χ1n) is 24.5. The van der Waals surface area contributed by atoms with Crippen molar-refractivity contribution in [3.63, 3.8) is 0 Å². The first-order valence-corrected chi connectivity index (χ1v) is 24.5. The molecule has 0 saturated carbocycles. The largest absolute Gasteiger partial charge is 0.453 e. The Morgan fingerprint density at radius 3 is 1.44 bits per heavy atom. The van der Waals surface area contributed by atoms with Gasteiger partial charge in [0.25, 0.3) is 0 Å². The van der Waals surface area contributed by atoms with Crippen molar-refractivity contribution < 1.29 is 28.7 Å². The summed E-state index contributed by atoms with van der Waals surface area (Å²) in [6.45, 7) is 9.19. The van der Waals surface area contributed by atoms with Gasteiger partial charge in [-0.2, -0.15) is 0 Å². The fourth-order valence-corrected chi connectivity index (χ4v) is 10.5. The minimum Gasteiger partial charge on any atom is -0.453 e. The summed E-state index contributed by atoms with van der Waals surface area (Å²) in [7, 11) is 2.63. The molecule has 4 heterocycles. The number of fused-ring (bicyclic) bond motifs is 2. The molecule has 2 aliphatic heterocycles. The predicted molar refractivity (Wildman–Crippen MR) is 263 cm³/mol. The third kappa shape index (κ3) is 9.29. The second kappa shape index (κ2) is 19.9. The van der Waals surface area contributed by atoms with Gasteiger partial charge in [-0.3, -0.25) is 9.59 Å². The zero-order valence-corrected chi connectivity index (χ0v) is 40.1. The van der Waals surface area contributed by atoms with Crippen molar-refractivity contribution >= 4 is 46.1 Å². The number of nitrogens with zero attached hydrogens (tertiary/aromatic N) is 4. The molecule has 12 rings (SSSR count). The molecule has 6 aromatic rings. The van der Waals surface area contributed by atoms with Crippen molar-refractivity contribution in [2.24, 2.45) is 11.8 Å². The summed E-state index contributed by atoms with van der Waals surface area (Å²) >= 11 is 0. The van der Waals surface area contributed by atoms with Gasteiger partial charge in [0.1, 0.15) is 23.7 Å². The molecule has 2 fully saturated rings. The quantitative estimate of drug-likeness (QED) is 0.0939. The summed E-state index contributed by atoms with van der Waals surface area (Å²) in [5.41, 5.74) is 13.4. The van der Waals surface area contributed by atoms with Gasteiger partial charge in [-0.05, 0) is 132 Å². The number of carbonyl (C=O) groups excluding carboxylic acids is 4. The van der Waals surface area contributed by atoms with Crippen LogP contribution in [0.15, 0.2) is 72.8 Å². The van der Waals surface area contributed by atoms with Gasteiger partial charge in [-0.1, -0.05) is 89.1 Å². The van der Waals surface area contributed by atoms with Crippen molar-refractivity contribution in [3.05, 3.63) is 107 Å². The summed E-state index contributed by atoms with van der Waals surface area (Å²) in [5.74, 6) is 1.20. The van der Waals surface area contributed by atoms with Crippen molar-refractivity contribution in [2.45, 2.75) is 116 Å². The molecule has 14 heteroatoms. The predicted octanol–water partition coefficient (Wildman–Crippen LogP) is 9.53. The average Bonchev–Trinajstić information content (AvgIpc) is 4.20. The molecule has 6 atom stereocenters. The van der Waals surface area contributed by atoms with Gasteiger partial charge in [0.15, 0.2) is 0 Å². The standard InChI is InChI=1S/C54H64N8O6/c1-7-31(3)47(59-53(65)67-5)51(63)61-25-9-11-45(61)49-55-41-23-21-37(29-43(41)57-49)39-27-33-13-17-35(39)19-15-34-14-18-36(20-16-33)40(28-34)38-22-24-42-44(30-38)58-50(56-42)46-12-10-26-62(46)52(64)48(32(4)8-2)60-54(66)68-6/h13-14,17-18,21-24,27-32,45-48H,7-12,15-16,19-20,25-26H2,1-6H3,(H,55,57)(H,56,58)(H,59,65)(H,60,66). The van der Waals surface area contributed by atoms with Gasteiger partial charge >= 0.3 is 12.2 Å².